The number of amides is 3. The summed E-state index contributed by atoms with van der Waals surface area (Å²) in [5, 5.41) is 5.41. The molecule has 4 aromatic carbocycles. The van der Waals surface area contributed by atoms with Crippen molar-refractivity contribution in [3.63, 3.8) is 0 Å². The smallest absolute Gasteiger partial charge is 0.356 e. The average Bonchev–Trinajstić information content (AvgIpc) is 3.57. The van der Waals surface area contributed by atoms with Crippen LogP contribution >= 0.6 is 6.89 Å². The van der Waals surface area contributed by atoms with Crippen molar-refractivity contribution in [3.05, 3.63) is 139 Å². The molecule has 3 atom stereocenters. The maximum absolute atomic E-state index is 14.9. The number of likely N-dealkylation sites (tertiary alicyclic amines) is 1. The Kier molecular flexibility index (Phi) is 11.9. The number of benzene rings is 4. The van der Waals surface area contributed by atoms with Crippen LogP contribution in [0.2, 0.25) is 19.6 Å². The molecule has 0 spiro atoms. The lowest BCUT2D eigenvalue weighted by Crippen LogP contribution is -2.69. The third-order valence-electron chi connectivity index (χ3n) is 9.79. The second-order valence-electron chi connectivity index (χ2n) is 14.6. The van der Waals surface area contributed by atoms with Crippen LogP contribution in [0.5, 0.6) is 0 Å². The molecule has 2 aliphatic heterocycles. The first-order valence-electron chi connectivity index (χ1n) is 18.3. The summed E-state index contributed by atoms with van der Waals surface area (Å²) >= 11 is 0. The predicted octanol–water partition coefficient (Wildman–Crippen LogP) is 5.70. The number of ether oxygens (including phenoxy) is 1. The van der Waals surface area contributed by atoms with Gasteiger partial charge in [-0.05, 0) is 48.0 Å². The summed E-state index contributed by atoms with van der Waals surface area (Å²) in [5.74, 6) is -1.77. The van der Waals surface area contributed by atoms with E-state index in [0.29, 0.717) is 25.2 Å². The highest BCUT2D eigenvalue weighted by atomic mass is 31.2. The number of β-lactam (4-membered cyclic amide) rings is 1. The van der Waals surface area contributed by atoms with E-state index in [1.54, 1.807) is 21.9 Å². The fourth-order valence-electron chi connectivity index (χ4n) is 7.54. The molecule has 0 radical (unpaired) electrons. The zero-order valence-electron chi connectivity index (χ0n) is 31.3. The summed E-state index contributed by atoms with van der Waals surface area (Å²) < 4.78 is 12.4. The lowest BCUT2D eigenvalue weighted by Gasteiger charge is -2.52. The topological polar surface area (TPSA) is 105 Å². The number of esters is 1. The van der Waals surface area contributed by atoms with Crippen LogP contribution < -0.4 is 21.2 Å². The van der Waals surface area contributed by atoms with Gasteiger partial charge in [0.15, 0.2) is 14.1 Å². The minimum atomic E-state index is -3.16. The Morgan fingerprint density at radius 2 is 1.41 bits per heavy atom. The molecule has 54 heavy (non-hydrogen) atoms. The molecule has 0 bridgehead atoms. The lowest BCUT2D eigenvalue weighted by atomic mass is 9.79. The van der Waals surface area contributed by atoms with Crippen LogP contribution in [0, 0.1) is 5.92 Å². The predicted molar refractivity (Wildman–Crippen MR) is 219 cm³/mol. The Labute approximate surface area is 319 Å². The normalized spacial score (nSPS) is 17.7. The molecule has 2 heterocycles. The molecular formula is C43H48N3O6PSi. The van der Waals surface area contributed by atoms with E-state index in [1.807, 2.05) is 110 Å². The van der Waals surface area contributed by atoms with Gasteiger partial charge in [-0.2, -0.15) is 0 Å². The van der Waals surface area contributed by atoms with Crippen molar-refractivity contribution >= 4 is 60.2 Å². The second-order valence-corrected chi connectivity index (χ2v) is 22.4. The first kappa shape index (κ1) is 38.7. The SMILES string of the molecule is C=CCOC(=O)C(N1C(=O)[C@H]([C@@H](C)O[Si](C)(C)C)[C@H]1CC(=O)c1ccc(CN2CCNC2=O)cc1)=P(c1ccccc1)(c1ccccc1)c1ccccc1. The molecule has 280 valence electrons. The number of nitrogens with one attached hydrogen (secondary N) is 1. The first-order valence-corrected chi connectivity index (χ1v) is 23.5. The Hall–Kier alpha value is -5.02. The number of carbonyl (C=O) groups excluding carboxylic acids is 4. The van der Waals surface area contributed by atoms with Gasteiger partial charge in [-0.25, -0.2) is 9.59 Å². The number of ketones is 1. The van der Waals surface area contributed by atoms with Crippen LogP contribution in [0.3, 0.4) is 0 Å². The molecule has 11 heteroatoms. The molecule has 4 aromatic rings. The Morgan fingerprint density at radius 1 is 0.870 bits per heavy atom. The van der Waals surface area contributed by atoms with Gasteiger partial charge in [-0.1, -0.05) is 128 Å². The molecule has 0 saturated carbocycles. The summed E-state index contributed by atoms with van der Waals surface area (Å²) in [7, 11) is -2.13. The van der Waals surface area contributed by atoms with Crippen molar-refractivity contribution in [2.75, 3.05) is 19.7 Å². The summed E-state index contributed by atoms with van der Waals surface area (Å²) in [6.07, 6.45) is 0.963. The highest BCUT2D eigenvalue weighted by Gasteiger charge is 2.56. The molecule has 6 rings (SSSR count). The molecule has 2 saturated heterocycles. The van der Waals surface area contributed by atoms with E-state index in [0.717, 1.165) is 21.5 Å². The van der Waals surface area contributed by atoms with Gasteiger partial charge in [-0.3, -0.25) is 9.59 Å². The second kappa shape index (κ2) is 16.6. The Morgan fingerprint density at radius 3 is 1.87 bits per heavy atom. The van der Waals surface area contributed by atoms with E-state index in [2.05, 4.69) is 31.5 Å². The van der Waals surface area contributed by atoms with Crippen LogP contribution in [0.1, 0.15) is 29.3 Å². The van der Waals surface area contributed by atoms with Crippen molar-refractivity contribution in [1.82, 2.24) is 15.1 Å². The minimum absolute atomic E-state index is 0.0414. The highest BCUT2D eigenvalue weighted by Crippen LogP contribution is 2.50. The molecule has 9 nitrogen and oxygen atoms in total. The molecule has 0 aliphatic carbocycles. The molecule has 3 amide bonds. The van der Waals surface area contributed by atoms with Crippen LogP contribution in [0.25, 0.3) is 0 Å². The number of urea groups is 1. The monoisotopic (exact) mass is 761 g/mol. The van der Waals surface area contributed by atoms with Gasteiger partial charge in [-0.15, -0.1) is 0 Å². The number of hydrogen-bond donors (Lipinski definition) is 1. The average molecular weight is 762 g/mol. The largest absolute Gasteiger partial charge is 0.457 e. The van der Waals surface area contributed by atoms with E-state index in [1.165, 1.54) is 6.08 Å². The molecule has 1 N–H and O–H groups in total. The van der Waals surface area contributed by atoms with Crippen molar-refractivity contribution in [2.45, 2.75) is 51.7 Å². The molecule has 2 fully saturated rings. The summed E-state index contributed by atoms with van der Waals surface area (Å²) in [6.45, 7) is 10.3. The first-order chi connectivity index (χ1) is 26.0. The standard InChI is InChI=1S/C43H48N3O6PSi/c1-6-28-51-42(49)41(53(34-16-10-7-11-17-34,35-18-12-8-13-19-35)36-20-14-9-15-21-36)46-37(39(40(46)48)31(2)52-54(3,4)5)29-38(47)33-24-22-32(23-25-33)30-45-27-26-44-43(45)50/h6-25,31,37,39H,1,26-30H2,2-5H3,(H,44,50)/t31-,37-,39-/m1/s1. The number of rotatable bonds is 15. The van der Waals surface area contributed by atoms with Gasteiger partial charge < -0.3 is 24.3 Å². The summed E-state index contributed by atoms with van der Waals surface area (Å²) in [4.78, 5) is 59.5. The van der Waals surface area contributed by atoms with Crippen LogP contribution in [0.15, 0.2) is 128 Å². The van der Waals surface area contributed by atoms with Crippen molar-refractivity contribution in [2.24, 2.45) is 5.92 Å². The Balaban J connectivity index is 1.54. The van der Waals surface area contributed by atoms with Gasteiger partial charge in [0, 0.05) is 38.5 Å². The van der Waals surface area contributed by atoms with Crippen LogP contribution in [0.4, 0.5) is 4.79 Å². The summed E-state index contributed by atoms with van der Waals surface area (Å²) in [6, 6.07) is 35.9. The molecule has 0 aromatic heterocycles. The third kappa shape index (κ3) is 7.92. The van der Waals surface area contributed by atoms with E-state index in [9.17, 15) is 19.2 Å². The van der Waals surface area contributed by atoms with Crippen molar-refractivity contribution < 1.29 is 28.3 Å². The fraction of sp³-hybridized carbons (Fsp3) is 0.279. The van der Waals surface area contributed by atoms with Gasteiger partial charge in [0.1, 0.15) is 12.0 Å². The maximum Gasteiger partial charge on any atom is 0.356 e. The Bertz CT molecular complexity index is 1950. The maximum atomic E-state index is 14.9. The van der Waals surface area contributed by atoms with Crippen LogP contribution in [-0.2, 0) is 25.3 Å². The van der Waals surface area contributed by atoms with Gasteiger partial charge >= 0.3 is 12.0 Å². The van der Waals surface area contributed by atoms with E-state index >= 15 is 0 Å². The van der Waals surface area contributed by atoms with Gasteiger partial charge in [0.2, 0.25) is 5.91 Å². The zero-order chi connectivity index (χ0) is 38.5. The third-order valence-corrected chi connectivity index (χ3v) is 15.1. The lowest BCUT2D eigenvalue weighted by molar-refractivity contribution is -0.156. The fourth-order valence-corrected chi connectivity index (χ4v) is 13.2. The molecule has 0 unspecified atom stereocenters. The van der Waals surface area contributed by atoms with Gasteiger partial charge in [0.25, 0.3) is 0 Å². The highest BCUT2D eigenvalue weighted by molar-refractivity contribution is 7.96. The quantitative estimate of drug-likeness (QED) is 0.0416. The van der Waals surface area contributed by atoms with Crippen LogP contribution in [-0.4, -0.2) is 79.1 Å². The number of carbonyl (C=O) groups is 4. The van der Waals surface area contributed by atoms with E-state index < -0.39 is 39.2 Å². The molecular weight excluding hydrogens is 714 g/mol. The molecule has 2 aliphatic rings. The van der Waals surface area contributed by atoms with E-state index in [4.69, 9.17) is 9.16 Å². The van der Waals surface area contributed by atoms with Crippen molar-refractivity contribution in [1.29, 1.82) is 0 Å². The number of Topliss-reactive ketones (excluding diaryl/α,β-unsaturated/α-hetero) is 1. The zero-order valence-corrected chi connectivity index (χ0v) is 33.2. The number of nitrogens with zero attached hydrogens (tertiary/aromatic N) is 2. The minimum Gasteiger partial charge on any atom is -0.457 e. The van der Waals surface area contributed by atoms with Crippen molar-refractivity contribution in [3.8, 4) is 0 Å². The number of hydrogen-bond acceptors (Lipinski definition) is 6. The van der Waals surface area contributed by atoms with Gasteiger partial charge in [0.05, 0.1) is 18.1 Å². The van der Waals surface area contributed by atoms with E-state index in [-0.39, 0.29) is 36.2 Å². The summed E-state index contributed by atoms with van der Waals surface area (Å²) in [5.41, 5.74) is 1.60.